The lowest BCUT2D eigenvalue weighted by molar-refractivity contribution is 0.574. The molecular formula is C18H22FN. The molecule has 106 valence electrons. The Labute approximate surface area is 120 Å². The smallest absolute Gasteiger partial charge is 0.123 e. The van der Waals surface area contributed by atoms with E-state index in [-0.39, 0.29) is 11.2 Å². The zero-order chi connectivity index (χ0) is 15.0. The van der Waals surface area contributed by atoms with Crippen LogP contribution in [0.3, 0.4) is 0 Å². The molecule has 0 amide bonds. The molecule has 1 nitrogen and oxygen atoms in total. The molecule has 0 aliphatic heterocycles. The van der Waals surface area contributed by atoms with Crippen LogP contribution < -0.4 is 5.73 Å². The van der Waals surface area contributed by atoms with Gasteiger partial charge >= 0.3 is 0 Å². The van der Waals surface area contributed by atoms with Gasteiger partial charge in [0.05, 0.1) is 5.54 Å². The third-order valence-electron chi connectivity index (χ3n) is 3.77. The van der Waals surface area contributed by atoms with Gasteiger partial charge in [-0.25, -0.2) is 4.39 Å². The van der Waals surface area contributed by atoms with E-state index in [0.717, 1.165) is 11.1 Å². The van der Waals surface area contributed by atoms with Crippen molar-refractivity contribution in [1.82, 2.24) is 0 Å². The molecule has 20 heavy (non-hydrogen) atoms. The zero-order valence-corrected chi connectivity index (χ0v) is 12.6. The molecule has 2 aromatic rings. The van der Waals surface area contributed by atoms with E-state index in [2.05, 4.69) is 32.9 Å². The van der Waals surface area contributed by atoms with Crippen LogP contribution in [-0.4, -0.2) is 0 Å². The van der Waals surface area contributed by atoms with Crippen molar-refractivity contribution >= 4 is 0 Å². The summed E-state index contributed by atoms with van der Waals surface area (Å²) in [5, 5.41) is 0. The van der Waals surface area contributed by atoms with Crippen molar-refractivity contribution in [3.8, 4) is 0 Å². The molecule has 2 rings (SSSR count). The van der Waals surface area contributed by atoms with Crippen molar-refractivity contribution in [2.45, 2.75) is 38.6 Å². The van der Waals surface area contributed by atoms with Gasteiger partial charge in [0.1, 0.15) is 5.82 Å². The fraction of sp³-hybridized carbons (Fsp3) is 0.333. The van der Waals surface area contributed by atoms with Crippen LogP contribution in [0, 0.1) is 5.82 Å². The molecule has 0 heterocycles. The van der Waals surface area contributed by atoms with Gasteiger partial charge in [-0.3, -0.25) is 0 Å². The molecule has 1 atom stereocenters. The van der Waals surface area contributed by atoms with Crippen LogP contribution in [0.25, 0.3) is 0 Å². The summed E-state index contributed by atoms with van der Waals surface area (Å²) in [6.07, 6.45) is 0. The molecule has 0 saturated heterocycles. The number of benzene rings is 2. The van der Waals surface area contributed by atoms with Gasteiger partial charge in [0.15, 0.2) is 0 Å². The van der Waals surface area contributed by atoms with Crippen LogP contribution in [0.15, 0.2) is 48.5 Å². The average molecular weight is 271 g/mol. The highest BCUT2D eigenvalue weighted by Crippen LogP contribution is 2.29. The summed E-state index contributed by atoms with van der Waals surface area (Å²) in [6, 6.07) is 14.7. The van der Waals surface area contributed by atoms with Gasteiger partial charge in [-0.2, -0.15) is 0 Å². The minimum atomic E-state index is -0.696. The fourth-order valence-corrected chi connectivity index (χ4v) is 2.29. The first kappa shape index (κ1) is 14.7. The Morgan fingerprint density at radius 1 is 0.800 bits per heavy atom. The predicted octanol–water partition coefficient (Wildman–Crippen LogP) is 4.35. The molecule has 1 unspecified atom stereocenters. The van der Waals surface area contributed by atoms with Crippen molar-refractivity contribution < 1.29 is 4.39 Å². The van der Waals surface area contributed by atoms with E-state index < -0.39 is 5.54 Å². The molecule has 0 aliphatic carbocycles. The molecule has 0 fully saturated rings. The molecular weight excluding hydrogens is 249 g/mol. The third-order valence-corrected chi connectivity index (χ3v) is 3.77. The first-order valence-corrected chi connectivity index (χ1v) is 6.87. The number of halogens is 1. The lowest BCUT2D eigenvalue weighted by Gasteiger charge is -2.27. The molecule has 2 heteroatoms. The van der Waals surface area contributed by atoms with Crippen molar-refractivity contribution in [1.29, 1.82) is 0 Å². The monoisotopic (exact) mass is 271 g/mol. The topological polar surface area (TPSA) is 26.0 Å². The summed E-state index contributed by atoms with van der Waals surface area (Å²) >= 11 is 0. The maximum Gasteiger partial charge on any atom is 0.123 e. The highest BCUT2D eigenvalue weighted by molar-refractivity contribution is 5.39. The van der Waals surface area contributed by atoms with E-state index in [4.69, 9.17) is 5.73 Å². The second-order valence-electron chi connectivity index (χ2n) is 6.54. The van der Waals surface area contributed by atoms with Gasteiger partial charge in [0.2, 0.25) is 0 Å². The molecule has 0 spiro atoms. The van der Waals surface area contributed by atoms with Gasteiger partial charge in [-0.05, 0) is 41.2 Å². The van der Waals surface area contributed by atoms with Crippen molar-refractivity contribution in [2.75, 3.05) is 0 Å². The Bertz CT molecular complexity index is 592. The predicted molar refractivity (Wildman–Crippen MR) is 82.2 cm³/mol. The maximum atomic E-state index is 13.4. The van der Waals surface area contributed by atoms with Crippen LogP contribution in [-0.2, 0) is 11.0 Å². The minimum Gasteiger partial charge on any atom is -0.318 e. The van der Waals surface area contributed by atoms with E-state index in [9.17, 15) is 4.39 Å². The summed E-state index contributed by atoms with van der Waals surface area (Å²) in [5.74, 6) is -0.259. The fourth-order valence-electron chi connectivity index (χ4n) is 2.29. The van der Waals surface area contributed by atoms with Gasteiger partial charge in [-0.1, -0.05) is 57.2 Å². The van der Waals surface area contributed by atoms with Crippen molar-refractivity contribution in [3.63, 3.8) is 0 Å². The van der Waals surface area contributed by atoms with E-state index >= 15 is 0 Å². The largest absolute Gasteiger partial charge is 0.318 e. The van der Waals surface area contributed by atoms with Crippen molar-refractivity contribution in [3.05, 3.63) is 71.0 Å². The Morgan fingerprint density at radius 2 is 1.35 bits per heavy atom. The van der Waals surface area contributed by atoms with E-state index in [0.29, 0.717) is 0 Å². The molecule has 0 aliphatic rings. The number of nitrogens with two attached hydrogens (primary N) is 1. The first-order chi connectivity index (χ1) is 9.21. The van der Waals surface area contributed by atoms with Gasteiger partial charge < -0.3 is 5.73 Å². The van der Waals surface area contributed by atoms with E-state index in [1.165, 1.54) is 17.7 Å². The standard InChI is InChI=1S/C18H22FN/c1-17(2,3)13-8-10-14(11-9-13)18(4,20)15-6-5-7-16(19)12-15/h5-12H,20H2,1-4H3. The highest BCUT2D eigenvalue weighted by atomic mass is 19.1. The number of hydrogen-bond donors (Lipinski definition) is 1. The molecule has 2 aromatic carbocycles. The highest BCUT2D eigenvalue weighted by Gasteiger charge is 2.24. The lowest BCUT2D eigenvalue weighted by atomic mass is 9.82. The lowest BCUT2D eigenvalue weighted by Crippen LogP contribution is -2.34. The van der Waals surface area contributed by atoms with Crippen LogP contribution in [0.2, 0.25) is 0 Å². The Balaban J connectivity index is 2.39. The van der Waals surface area contributed by atoms with Gasteiger partial charge in [-0.15, -0.1) is 0 Å². The Morgan fingerprint density at radius 3 is 1.85 bits per heavy atom. The van der Waals surface area contributed by atoms with Crippen LogP contribution in [0.5, 0.6) is 0 Å². The van der Waals surface area contributed by atoms with E-state index in [1.54, 1.807) is 6.07 Å². The quantitative estimate of drug-likeness (QED) is 0.863. The van der Waals surface area contributed by atoms with Gasteiger partial charge in [0, 0.05) is 0 Å². The number of rotatable bonds is 2. The van der Waals surface area contributed by atoms with E-state index in [1.807, 2.05) is 25.1 Å². The normalized spacial score (nSPS) is 14.9. The first-order valence-electron chi connectivity index (χ1n) is 6.87. The third kappa shape index (κ3) is 2.91. The maximum absolute atomic E-state index is 13.4. The van der Waals surface area contributed by atoms with Crippen LogP contribution >= 0.6 is 0 Å². The van der Waals surface area contributed by atoms with Crippen LogP contribution in [0.4, 0.5) is 4.39 Å². The summed E-state index contributed by atoms with van der Waals surface area (Å²) in [7, 11) is 0. The summed E-state index contributed by atoms with van der Waals surface area (Å²) in [4.78, 5) is 0. The molecule has 0 bridgehead atoms. The summed E-state index contributed by atoms with van der Waals surface area (Å²) < 4.78 is 13.4. The SMILES string of the molecule is CC(C)(C)c1ccc(C(C)(N)c2cccc(F)c2)cc1. The van der Waals surface area contributed by atoms with Crippen molar-refractivity contribution in [2.24, 2.45) is 5.73 Å². The average Bonchev–Trinajstić information content (AvgIpc) is 2.38. The van der Waals surface area contributed by atoms with Gasteiger partial charge in [0.25, 0.3) is 0 Å². The Kier molecular flexibility index (Phi) is 3.70. The molecule has 0 radical (unpaired) electrons. The second kappa shape index (κ2) is 5.02. The second-order valence-corrected chi connectivity index (χ2v) is 6.54. The summed E-state index contributed by atoms with van der Waals surface area (Å²) in [5.41, 5.74) is 8.86. The molecule has 2 N–H and O–H groups in total. The molecule has 0 aromatic heterocycles. The minimum absolute atomic E-state index is 0.113. The molecule has 0 saturated carbocycles. The zero-order valence-electron chi connectivity index (χ0n) is 12.6. The number of hydrogen-bond acceptors (Lipinski definition) is 1. The Hall–Kier alpha value is -1.67. The summed E-state index contributed by atoms with van der Waals surface area (Å²) in [6.45, 7) is 8.44. The van der Waals surface area contributed by atoms with Crippen LogP contribution in [0.1, 0.15) is 44.4 Å².